The second-order valence-electron chi connectivity index (χ2n) is 5.19. The Morgan fingerprint density at radius 2 is 1.77 bits per heavy atom. The van der Waals surface area contributed by atoms with Crippen LogP contribution in [0.15, 0.2) is 47.4 Å². The molecule has 4 nitrogen and oxygen atoms in total. The van der Waals surface area contributed by atoms with Gasteiger partial charge < -0.3 is 5.11 Å². The number of aliphatic hydroxyl groups is 1. The molecule has 2 N–H and O–H groups in total. The molecule has 0 aliphatic rings. The zero-order chi connectivity index (χ0) is 16.3. The fourth-order valence-electron chi connectivity index (χ4n) is 2.17. The van der Waals surface area contributed by atoms with Crippen molar-refractivity contribution in [2.45, 2.75) is 24.8 Å². The Bertz CT molecular complexity index is 757. The summed E-state index contributed by atoms with van der Waals surface area (Å²) in [6, 6.07) is 10.3. The lowest BCUT2D eigenvalue weighted by Gasteiger charge is -2.14. The quantitative estimate of drug-likeness (QED) is 0.888. The van der Waals surface area contributed by atoms with Crippen LogP contribution in [0.4, 0.5) is 4.39 Å². The smallest absolute Gasteiger partial charge is 0.240 e. The van der Waals surface area contributed by atoms with Crippen LogP contribution < -0.4 is 4.72 Å². The Labute approximate surface area is 129 Å². The highest BCUT2D eigenvalue weighted by Crippen LogP contribution is 2.18. The first-order chi connectivity index (χ1) is 10.3. The van der Waals surface area contributed by atoms with Gasteiger partial charge in [-0.25, -0.2) is 17.5 Å². The highest BCUT2D eigenvalue weighted by Gasteiger charge is 2.18. The summed E-state index contributed by atoms with van der Waals surface area (Å²) < 4.78 is 39.8. The third-order valence-corrected chi connectivity index (χ3v) is 4.93. The Balaban J connectivity index is 2.10. The summed E-state index contributed by atoms with van der Waals surface area (Å²) in [5.41, 5.74) is 2.07. The van der Waals surface area contributed by atoms with Crippen molar-refractivity contribution in [2.24, 2.45) is 0 Å². The molecule has 6 heteroatoms. The van der Waals surface area contributed by atoms with E-state index in [4.69, 9.17) is 0 Å². The monoisotopic (exact) mass is 323 g/mol. The Morgan fingerprint density at radius 1 is 1.14 bits per heavy atom. The second kappa shape index (κ2) is 6.56. The Hall–Kier alpha value is -1.76. The zero-order valence-corrected chi connectivity index (χ0v) is 13.2. The molecule has 2 rings (SSSR count). The number of rotatable bonds is 5. The SMILES string of the molecule is Cc1ccc(S(=O)(=O)NCC(O)c2ccc(F)cc2)c(C)c1. The summed E-state index contributed by atoms with van der Waals surface area (Å²) >= 11 is 0. The first-order valence-corrected chi connectivity index (χ1v) is 8.28. The fraction of sp³-hybridized carbons (Fsp3) is 0.250. The lowest BCUT2D eigenvalue weighted by Crippen LogP contribution is -2.29. The van der Waals surface area contributed by atoms with Crippen LogP contribution in [0, 0.1) is 19.7 Å². The van der Waals surface area contributed by atoms with E-state index in [1.54, 1.807) is 19.1 Å². The molecular formula is C16H18FNO3S. The van der Waals surface area contributed by atoms with Gasteiger partial charge in [0.15, 0.2) is 0 Å². The van der Waals surface area contributed by atoms with E-state index in [2.05, 4.69) is 4.72 Å². The molecule has 0 radical (unpaired) electrons. The second-order valence-corrected chi connectivity index (χ2v) is 6.92. The van der Waals surface area contributed by atoms with Gasteiger partial charge in [-0.05, 0) is 43.2 Å². The predicted molar refractivity (Wildman–Crippen MR) is 82.5 cm³/mol. The van der Waals surface area contributed by atoms with E-state index in [1.165, 1.54) is 30.3 Å². The van der Waals surface area contributed by atoms with Gasteiger partial charge >= 0.3 is 0 Å². The zero-order valence-electron chi connectivity index (χ0n) is 12.4. The van der Waals surface area contributed by atoms with E-state index in [9.17, 15) is 17.9 Å². The van der Waals surface area contributed by atoms with E-state index in [-0.39, 0.29) is 11.4 Å². The fourth-order valence-corrected chi connectivity index (χ4v) is 3.43. The van der Waals surface area contributed by atoms with Crippen LogP contribution in [0.1, 0.15) is 22.8 Å². The maximum absolute atomic E-state index is 12.8. The van der Waals surface area contributed by atoms with Crippen molar-refractivity contribution in [3.8, 4) is 0 Å². The van der Waals surface area contributed by atoms with Crippen LogP contribution >= 0.6 is 0 Å². The number of benzene rings is 2. The van der Waals surface area contributed by atoms with Crippen molar-refractivity contribution in [3.63, 3.8) is 0 Å². The molecule has 2 aromatic rings. The van der Waals surface area contributed by atoms with Gasteiger partial charge in [0.2, 0.25) is 10.0 Å². The van der Waals surface area contributed by atoms with Gasteiger partial charge in [0.05, 0.1) is 11.0 Å². The molecule has 0 aliphatic heterocycles. The lowest BCUT2D eigenvalue weighted by atomic mass is 10.1. The summed E-state index contributed by atoms with van der Waals surface area (Å²) in [6.07, 6.45) is -1.04. The number of sulfonamides is 1. The minimum atomic E-state index is -3.70. The molecular weight excluding hydrogens is 305 g/mol. The number of hydrogen-bond donors (Lipinski definition) is 2. The summed E-state index contributed by atoms with van der Waals surface area (Å²) in [4.78, 5) is 0.185. The number of aryl methyl sites for hydroxylation is 2. The van der Waals surface area contributed by atoms with Crippen molar-refractivity contribution >= 4 is 10.0 Å². The molecule has 0 amide bonds. The van der Waals surface area contributed by atoms with Crippen molar-refractivity contribution in [3.05, 3.63) is 65.0 Å². The van der Waals surface area contributed by atoms with E-state index in [0.29, 0.717) is 11.1 Å². The van der Waals surface area contributed by atoms with Gasteiger partial charge in [-0.15, -0.1) is 0 Å². The molecule has 118 valence electrons. The van der Waals surface area contributed by atoms with E-state index in [0.717, 1.165) is 5.56 Å². The van der Waals surface area contributed by atoms with Crippen LogP contribution in [0.2, 0.25) is 0 Å². The minimum absolute atomic E-state index is 0.179. The third-order valence-electron chi connectivity index (χ3n) is 3.34. The lowest BCUT2D eigenvalue weighted by molar-refractivity contribution is 0.182. The molecule has 1 unspecified atom stereocenters. The van der Waals surface area contributed by atoms with E-state index in [1.807, 2.05) is 6.92 Å². The van der Waals surface area contributed by atoms with Gasteiger partial charge in [0.25, 0.3) is 0 Å². The van der Waals surface area contributed by atoms with Crippen molar-refractivity contribution in [2.75, 3.05) is 6.54 Å². The molecule has 0 fully saturated rings. The highest BCUT2D eigenvalue weighted by atomic mass is 32.2. The number of hydrogen-bond acceptors (Lipinski definition) is 3. The van der Waals surface area contributed by atoms with Crippen molar-refractivity contribution in [1.29, 1.82) is 0 Å². The molecule has 0 bridgehead atoms. The summed E-state index contributed by atoms with van der Waals surface area (Å²) in [5, 5.41) is 9.99. The van der Waals surface area contributed by atoms with Gasteiger partial charge in [0, 0.05) is 6.54 Å². The largest absolute Gasteiger partial charge is 0.387 e. The van der Waals surface area contributed by atoms with Crippen molar-refractivity contribution < 1.29 is 17.9 Å². The first-order valence-electron chi connectivity index (χ1n) is 6.80. The van der Waals surface area contributed by atoms with Gasteiger partial charge in [-0.2, -0.15) is 0 Å². The molecule has 0 saturated heterocycles. The first kappa shape index (κ1) is 16.6. The van der Waals surface area contributed by atoms with Crippen LogP contribution in [0.25, 0.3) is 0 Å². The van der Waals surface area contributed by atoms with Crippen LogP contribution in [-0.2, 0) is 10.0 Å². The molecule has 22 heavy (non-hydrogen) atoms. The normalized spacial score (nSPS) is 13.1. The Kier molecular flexibility index (Phi) is 4.95. The van der Waals surface area contributed by atoms with Gasteiger partial charge in [0.1, 0.15) is 5.82 Å². The van der Waals surface area contributed by atoms with E-state index < -0.39 is 21.9 Å². The summed E-state index contributed by atoms with van der Waals surface area (Å²) in [7, 11) is -3.70. The molecule has 1 atom stereocenters. The van der Waals surface area contributed by atoms with E-state index >= 15 is 0 Å². The van der Waals surface area contributed by atoms with Crippen molar-refractivity contribution in [1.82, 2.24) is 4.72 Å². The number of nitrogens with one attached hydrogen (secondary N) is 1. The highest BCUT2D eigenvalue weighted by molar-refractivity contribution is 7.89. The molecule has 0 aromatic heterocycles. The van der Waals surface area contributed by atoms with Gasteiger partial charge in [-0.3, -0.25) is 0 Å². The molecule has 0 heterocycles. The number of halogens is 1. The maximum atomic E-state index is 12.8. The molecule has 0 saturated carbocycles. The maximum Gasteiger partial charge on any atom is 0.240 e. The third kappa shape index (κ3) is 3.91. The number of aliphatic hydroxyl groups excluding tert-OH is 1. The minimum Gasteiger partial charge on any atom is -0.387 e. The molecule has 0 aliphatic carbocycles. The topological polar surface area (TPSA) is 66.4 Å². The Morgan fingerprint density at radius 3 is 2.36 bits per heavy atom. The predicted octanol–water partition coefficient (Wildman–Crippen LogP) is 2.45. The molecule has 2 aromatic carbocycles. The van der Waals surface area contributed by atoms with Gasteiger partial charge in [-0.1, -0.05) is 29.8 Å². The standard InChI is InChI=1S/C16H18FNO3S/c1-11-3-8-16(12(2)9-11)22(20,21)18-10-15(19)13-4-6-14(17)7-5-13/h3-9,15,18-19H,10H2,1-2H3. The van der Waals surface area contributed by atoms with Crippen LogP contribution in [0.3, 0.4) is 0 Å². The van der Waals surface area contributed by atoms with Crippen LogP contribution in [0.5, 0.6) is 0 Å². The average molecular weight is 323 g/mol. The summed E-state index contributed by atoms with van der Waals surface area (Å²) in [5.74, 6) is -0.410. The summed E-state index contributed by atoms with van der Waals surface area (Å²) in [6.45, 7) is 3.42. The van der Waals surface area contributed by atoms with Crippen LogP contribution in [-0.4, -0.2) is 20.1 Å². The average Bonchev–Trinajstić information content (AvgIpc) is 2.45. The molecule has 0 spiro atoms.